The number of aryl methyl sites for hydroxylation is 1. The van der Waals surface area contributed by atoms with E-state index in [1.807, 2.05) is 13.8 Å². The Morgan fingerprint density at radius 3 is 2.60 bits per heavy atom. The van der Waals surface area contributed by atoms with E-state index in [-0.39, 0.29) is 4.47 Å². The fraction of sp³-hybridized carbons (Fsp3) is 0.438. The molecule has 0 spiro atoms. The zero-order valence-corrected chi connectivity index (χ0v) is 16.6. The predicted octanol–water partition coefficient (Wildman–Crippen LogP) is 4.90. The lowest BCUT2D eigenvalue weighted by molar-refractivity contribution is -0.119. The molecule has 1 amide bonds. The number of carbonyl (C=O) groups is 1. The van der Waals surface area contributed by atoms with Crippen molar-refractivity contribution in [3.05, 3.63) is 31.9 Å². The van der Waals surface area contributed by atoms with Gasteiger partial charge in [-0.3, -0.25) is 9.48 Å². The molecule has 9 heteroatoms. The SMILES string of the molecule is CCc1c(C)sc(NC(=O)[C@H](C)n2nc(C(F)F)c(Br)c2C)c1C#N. The van der Waals surface area contributed by atoms with E-state index in [9.17, 15) is 18.8 Å². The molecule has 2 aromatic heterocycles. The fourth-order valence-corrected chi connectivity index (χ4v) is 4.11. The maximum Gasteiger partial charge on any atom is 0.283 e. The molecule has 0 aliphatic carbocycles. The molecule has 0 bridgehead atoms. The van der Waals surface area contributed by atoms with Gasteiger partial charge in [-0.05, 0) is 48.7 Å². The van der Waals surface area contributed by atoms with E-state index < -0.39 is 24.1 Å². The molecule has 5 nitrogen and oxygen atoms in total. The third-order valence-corrected chi connectivity index (χ3v) is 6.01. The summed E-state index contributed by atoms with van der Waals surface area (Å²) in [5.74, 6) is -0.417. The van der Waals surface area contributed by atoms with Crippen LogP contribution < -0.4 is 5.32 Å². The Morgan fingerprint density at radius 2 is 2.12 bits per heavy atom. The van der Waals surface area contributed by atoms with Gasteiger partial charge in [-0.25, -0.2) is 8.78 Å². The Bertz CT molecular complexity index is 853. The van der Waals surface area contributed by atoms with Gasteiger partial charge in [0, 0.05) is 4.88 Å². The van der Waals surface area contributed by atoms with Gasteiger partial charge in [0.15, 0.2) is 0 Å². The Kier molecular flexibility index (Phi) is 5.95. The highest BCUT2D eigenvalue weighted by atomic mass is 79.9. The zero-order valence-electron chi connectivity index (χ0n) is 14.2. The van der Waals surface area contributed by atoms with Crippen LogP contribution in [0.4, 0.5) is 13.8 Å². The third-order valence-electron chi connectivity index (χ3n) is 3.97. The summed E-state index contributed by atoms with van der Waals surface area (Å²) >= 11 is 4.43. The first-order valence-electron chi connectivity index (χ1n) is 7.58. The van der Waals surface area contributed by atoms with Crippen LogP contribution in [0.15, 0.2) is 4.47 Å². The van der Waals surface area contributed by atoms with Crippen molar-refractivity contribution < 1.29 is 13.6 Å². The number of thiophene rings is 1. The number of anilines is 1. The average Bonchev–Trinajstić information content (AvgIpc) is 3.03. The van der Waals surface area contributed by atoms with Crippen LogP contribution >= 0.6 is 27.3 Å². The molecule has 2 aromatic rings. The van der Waals surface area contributed by atoms with Gasteiger partial charge in [0.25, 0.3) is 6.43 Å². The number of amides is 1. The van der Waals surface area contributed by atoms with E-state index in [1.54, 1.807) is 13.8 Å². The molecule has 1 atom stereocenters. The molecule has 0 aliphatic heterocycles. The summed E-state index contributed by atoms with van der Waals surface area (Å²) < 4.78 is 27.4. The molecule has 0 fully saturated rings. The van der Waals surface area contributed by atoms with Gasteiger partial charge in [-0.15, -0.1) is 11.3 Å². The second kappa shape index (κ2) is 7.62. The van der Waals surface area contributed by atoms with Crippen LogP contribution in [0, 0.1) is 25.2 Å². The second-order valence-corrected chi connectivity index (χ2v) is 7.52. The van der Waals surface area contributed by atoms with Crippen LogP contribution in [0.1, 0.15) is 53.7 Å². The van der Waals surface area contributed by atoms with Crippen molar-refractivity contribution in [3.8, 4) is 6.07 Å². The van der Waals surface area contributed by atoms with E-state index in [0.717, 1.165) is 10.4 Å². The molecule has 1 N–H and O–H groups in total. The maximum absolute atomic E-state index is 13.0. The van der Waals surface area contributed by atoms with Crippen molar-refractivity contribution in [1.29, 1.82) is 5.26 Å². The Morgan fingerprint density at radius 1 is 1.48 bits per heavy atom. The third kappa shape index (κ3) is 3.60. The van der Waals surface area contributed by atoms with Crippen molar-refractivity contribution in [2.24, 2.45) is 0 Å². The smallest absolute Gasteiger partial charge is 0.283 e. The Balaban J connectivity index is 2.31. The van der Waals surface area contributed by atoms with E-state index in [0.29, 0.717) is 22.7 Å². The zero-order chi connectivity index (χ0) is 18.9. The summed E-state index contributed by atoms with van der Waals surface area (Å²) in [5, 5.41) is 16.4. The number of nitrogens with zero attached hydrogens (tertiary/aromatic N) is 3. The Hall–Kier alpha value is -1.79. The van der Waals surface area contributed by atoms with E-state index in [2.05, 4.69) is 32.4 Å². The molecular weight excluding hydrogens is 414 g/mol. The van der Waals surface area contributed by atoms with Gasteiger partial charge >= 0.3 is 0 Å². The first kappa shape index (κ1) is 19.5. The average molecular weight is 431 g/mol. The quantitative estimate of drug-likeness (QED) is 0.733. The summed E-state index contributed by atoms with van der Waals surface area (Å²) in [4.78, 5) is 13.5. The Labute approximate surface area is 156 Å². The lowest BCUT2D eigenvalue weighted by Gasteiger charge is -2.14. The second-order valence-electron chi connectivity index (χ2n) is 5.50. The topological polar surface area (TPSA) is 70.7 Å². The van der Waals surface area contributed by atoms with Gasteiger partial charge in [-0.2, -0.15) is 10.4 Å². The highest BCUT2D eigenvalue weighted by Gasteiger charge is 2.26. The molecule has 0 saturated carbocycles. The summed E-state index contributed by atoms with van der Waals surface area (Å²) in [7, 11) is 0. The number of hydrogen-bond acceptors (Lipinski definition) is 4. The molecule has 25 heavy (non-hydrogen) atoms. The minimum absolute atomic E-state index is 0.195. The molecule has 0 saturated heterocycles. The first-order chi connectivity index (χ1) is 11.7. The van der Waals surface area contributed by atoms with Crippen LogP contribution in [0.2, 0.25) is 0 Å². The number of alkyl halides is 2. The van der Waals surface area contributed by atoms with Crippen LogP contribution in [0.3, 0.4) is 0 Å². The number of nitriles is 1. The van der Waals surface area contributed by atoms with Crippen LogP contribution in [-0.4, -0.2) is 15.7 Å². The maximum atomic E-state index is 13.0. The van der Waals surface area contributed by atoms with Crippen molar-refractivity contribution in [3.63, 3.8) is 0 Å². The number of hydrogen-bond donors (Lipinski definition) is 1. The molecule has 2 heterocycles. The van der Waals surface area contributed by atoms with Gasteiger partial charge < -0.3 is 5.32 Å². The number of rotatable bonds is 5. The van der Waals surface area contributed by atoms with Crippen LogP contribution in [0.5, 0.6) is 0 Å². The first-order valence-corrected chi connectivity index (χ1v) is 9.19. The van der Waals surface area contributed by atoms with Gasteiger partial charge in [0.05, 0.1) is 15.7 Å². The highest BCUT2D eigenvalue weighted by Crippen LogP contribution is 2.34. The van der Waals surface area contributed by atoms with E-state index in [4.69, 9.17) is 0 Å². The summed E-state index contributed by atoms with van der Waals surface area (Å²) in [6.07, 6.45) is -2.04. The highest BCUT2D eigenvalue weighted by molar-refractivity contribution is 9.10. The van der Waals surface area contributed by atoms with Gasteiger partial charge in [-0.1, -0.05) is 6.92 Å². The molecule has 0 aromatic carbocycles. The molecule has 0 radical (unpaired) electrons. The minimum Gasteiger partial charge on any atom is -0.315 e. The normalized spacial score (nSPS) is 12.3. The van der Waals surface area contributed by atoms with Crippen molar-refractivity contribution >= 4 is 38.2 Å². The molecule has 2 rings (SSSR count). The van der Waals surface area contributed by atoms with Crippen molar-refractivity contribution in [2.45, 2.75) is 46.6 Å². The summed E-state index contributed by atoms with van der Waals surface area (Å²) in [6.45, 7) is 7.02. The van der Waals surface area contributed by atoms with Crippen molar-refractivity contribution in [2.75, 3.05) is 5.32 Å². The fourth-order valence-electron chi connectivity index (χ4n) is 2.58. The van der Waals surface area contributed by atoms with E-state index in [1.165, 1.54) is 16.0 Å². The number of halogens is 3. The predicted molar refractivity (Wildman–Crippen MR) is 96.1 cm³/mol. The monoisotopic (exact) mass is 430 g/mol. The molecular formula is C16H17BrF2N4OS. The number of nitrogens with one attached hydrogen (secondary N) is 1. The van der Waals surface area contributed by atoms with Gasteiger partial charge in [0.1, 0.15) is 22.8 Å². The van der Waals surface area contributed by atoms with E-state index >= 15 is 0 Å². The molecule has 134 valence electrons. The minimum atomic E-state index is -2.73. The lowest BCUT2D eigenvalue weighted by atomic mass is 10.1. The lowest BCUT2D eigenvalue weighted by Crippen LogP contribution is -2.25. The molecule has 0 aliphatic rings. The standard InChI is InChI=1S/C16H17BrF2N4OS/c1-5-10-9(4)25-16(11(10)6-20)21-15(24)8(3)23-7(2)12(17)13(22-23)14(18)19/h8,14H,5H2,1-4H3,(H,21,24)/t8-/m0/s1. The number of aromatic nitrogens is 2. The number of carbonyl (C=O) groups excluding carboxylic acids is 1. The van der Waals surface area contributed by atoms with Gasteiger partial charge in [0.2, 0.25) is 5.91 Å². The van der Waals surface area contributed by atoms with Crippen LogP contribution in [0.25, 0.3) is 0 Å². The summed E-state index contributed by atoms with van der Waals surface area (Å²) in [5.41, 5.74) is 1.41. The molecule has 0 unspecified atom stereocenters. The summed E-state index contributed by atoms with van der Waals surface area (Å²) in [6, 6.07) is 1.32. The largest absolute Gasteiger partial charge is 0.315 e. The van der Waals surface area contributed by atoms with Crippen molar-refractivity contribution in [1.82, 2.24) is 9.78 Å². The van der Waals surface area contributed by atoms with Crippen LogP contribution in [-0.2, 0) is 11.2 Å².